The van der Waals surface area contributed by atoms with Gasteiger partial charge in [0.15, 0.2) is 11.5 Å². The largest absolute Gasteiger partial charge is 0.486 e. The molecule has 3 rings (SSSR count). The summed E-state index contributed by atoms with van der Waals surface area (Å²) in [5.41, 5.74) is 0.625. The number of ether oxygens (including phenoxy) is 2. The quantitative estimate of drug-likeness (QED) is 0.930. The van der Waals surface area contributed by atoms with Gasteiger partial charge in [0.25, 0.3) is 0 Å². The van der Waals surface area contributed by atoms with Crippen LogP contribution < -0.4 is 14.8 Å². The van der Waals surface area contributed by atoms with Crippen LogP contribution in [0.15, 0.2) is 48.5 Å². The Morgan fingerprint density at radius 3 is 2.68 bits per heavy atom. The van der Waals surface area contributed by atoms with Crippen molar-refractivity contribution < 1.29 is 14.3 Å². The molecule has 0 saturated carbocycles. The normalized spacial score (nSPS) is 16.1. The molecular formula is C17H16ClNO3. The molecule has 114 valence electrons. The van der Waals surface area contributed by atoms with Crippen LogP contribution in [0.1, 0.15) is 12.8 Å². The van der Waals surface area contributed by atoms with Crippen molar-refractivity contribution in [1.82, 2.24) is 0 Å². The Bertz CT molecular complexity index is 674. The third-order valence-electron chi connectivity index (χ3n) is 3.41. The molecule has 0 radical (unpaired) electrons. The van der Waals surface area contributed by atoms with Gasteiger partial charge in [-0.15, -0.1) is 0 Å². The van der Waals surface area contributed by atoms with Crippen LogP contribution in [-0.2, 0) is 4.79 Å². The third kappa shape index (κ3) is 3.52. The molecule has 2 aromatic carbocycles. The number of carbonyl (C=O) groups excluding carboxylic acids is 1. The topological polar surface area (TPSA) is 47.6 Å². The van der Waals surface area contributed by atoms with Crippen molar-refractivity contribution >= 4 is 23.2 Å². The lowest BCUT2D eigenvalue weighted by Crippen LogP contribution is -2.30. The van der Waals surface area contributed by atoms with Crippen molar-refractivity contribution in [3.05, 3.63) is 53.6 Å². The maximum absolute atomic E-state index is 12.0. The molecule has 0 fully saturated rings. The van der Waals surface area contributed by atoms with Crippen LogP contribution in [-0.4, -0.2) is 18.6 Å². The number of halogens is 1. The standard InChI is InChI=1S/C17H16ClNO3/c18-13-5-1-2-6-14(13)19-17(20)10-9-12-11-21-15-7-3-4-8-16(15)22-12/h1-8,12H,9-11H2,(H,19,20)/t12-/m1/s1. The number of nitrogens with one attached hydrogen (secondary N) is 1. The summed E-state index contributed by atoms with van der Waals surface area (Å²) in [5, 5.41) is 3.33. The van der Waals surface area contributed by atoms with E-state index in [0.29, 0.717) is 30.2 Å². The Morgan fingerprint density at radius 1 is 1.14 bits per heavy atom. The summed E-state index contributed by atoms with van der Waals surface area (Å²) in [6.45, 7) is 0.455. The highest BCUT2D eigenvalue weighted by atomic mass is 35.5. The monoisotopic (exact) mass is 317 g/mol. The molecule has 0 bridgehead atoms. The number of rotatable bonds is 4. The highest BCUT2D eigenvalue weighted by molar-refractivity contribution is 6.33. The van der Waals surface area contributed by atoms with E-state index in [4.69, 9.17) is 21.1 Å². The van der Waals surface area contributed by atoms with E-state index < -0.39 is 0 Å². The van der Waals surface area contributed by atoms with Crippen LogP contribution in [0.3, 0.4) is 0 Å². The van der Waals surface area contributed by atoms with Gasteiger partial charge in [-0.1, -0.05) is 35.9 Å². The molecule has 1 aliphatic rings. The van der Waals surface area contributed by atoms with Gasteiger partial charge in [0.1, 0.15) is 12.7 Å². The lowest BCUT2D eigenvalue weighted by atomic mass is 10.1. The average Bonchev–Trinajstić information content (AvgIpc) is 2.55. The number of fused-ring (bicyclic) bond motifs is 1. The number of hydrogen-bond acceptors (Lipinski definition) is 3. The predicted molar refractivity (Wildman–Crippen MR) is 85.7 cm³/mol. The van der Waals surface area contributed by atoms with Crippen LogP contribution in [0.4, 0.5) is 5.69 Å². The molecule has 0 saturated heterocycles. The summed E-state index contributed by atoms with van der Waals surface area (Å²) in [7, 11) is 0. The second kappa shape index (κ2) is 6.71. The fourth-order valence-corrected chi connectivity index (χ4v) is 2.46. The molecule has 4 nitrogen and oxygen atoms in total. The minimum Gasteiger partial charge on any atom is -0.486 e. The number of benzene rings is 2. The molecule has 1 heterocycles. The zero-order valence-corrected chi connectivity index (χ0v) is 12.7. The fourth-order valence-electron chi connectivity index (χ4n) is 2.27. The average molecular weight is 318 g/mol. The molecule has 1 aliphatic heterocycles. The Hall–Kier alpha value is -2.20. The number of amides is 1. The number of carbonyl (C=O) groups is 1. The zero-order chi connectivity index (χ0) is 15.4. The van der Waals surface area contributed by atoms with Gasteiger partial charge in [0.2, 0.25) is 5.91 Å². The zero-order valence-electron chi connectivity index (χ0n) is 11.9. The van der Waals surface area contributed by atoms with E-state index in [1.54, 1.807) is 12.1 Å². The van der Waals surface area contributed by atoms with Crippen molar-refractivity contribution in [3.8, 4) is 11.5 Å². The van der Waals surface area contributed by atoms with E-state index in [-0.39, 0.29) is 12.0 Å². The molecule has 22 heavy (non-hydrogen) atoms. The molecule has 1 N–H and O–H groups in total. The van der Waals surface area contributed by atoms with Gasteiger partial charge in [-0.25, -0.2) is 0 Å². The molecular weight excluding hydrogens is 302 g/mol. The summed E-state index contributed by atoms with van der Waals surface area (Å²) in [6.07, 6.45) is 0.818. The molecule has 1 amide bonds. The van der Waals surface area contributed by atoms with Crippen molar-refractivity contribution in [2.45, 2.75) is 18.9 Å². The lowest BCUT2D eigenvalue weighted by Gasteiger charge is -2.26. The SMILES string of the molecule is O=C(CC[C@@H]1COc2ccccc2O1)Nc1ccccc1Cl. The first-order chi connectivity index (χ1) is 10.7. The van der Waals surface area contributed by atoms with Gasteiger partial charge in [-0.05, 0) is 30.7 Å². The maximum atomic E-state index is 12.0. The summed E-state index contributed by atoms with van der Waals surface area (Å²) in [6, 6.07) is 14.7. The Morgan fingerprint density at radius 2 is 1.86 bits per heavy atom. The van der Waals surface area contributed by atoms with E-state index >= 15 is 0 Å². The minimum atomic E-state index is -0.119. The van der Waals surface area contributed by atoms with Gasteiger partial charge in [0.05, 0.1) is 10.7 Å². The van der Waals surface area contributed by atoms with Crippen LogP contribution in [0, 0.1) is 0 Å². The maximum Gasteiger partial charge on any atom is 0.224 e. The molecule has 2 aromatic rings. The number of anilines is 1. The Kier molecular flexibility index (Phi) is 4.49. The number of para-hydroxylation sites is 3. The molecule has 0 aromatic heterocycles. The summed E-state index contributed by atoms with van der Waals surface area (Å²) >= 11 is 6.01. The van der Waals surface area contributed by atoms with Crippen LogP contribution >= 0.6 is 11.6 Å². The highest BCUT2D eigenvalue weighted by Crippen LogP contribution is 2.31. The van der Waals surface area contributed by atoms with Crippen LogP contribution in [0.2, 0.25) is 5.02 Å². The van der Waals surface area contributed by atoms with E-state index in [0.717, 1.165) is 11.5 Å². The van der Waals surface area contributed by atoms with Crippen molar-refractivity contribution in [2.24, 2.45) is 0 Å². The minimum absolute atomic E-state index is 0.0874. The summed E-state index contributed by atoms with van der Waals surface area (Å²) in [5.74, 6) is 1.39. The summed E-state index contributed by atoms with van der Waals surface area (Å²) in [4.78, 5) is 12.0. The van der Waals surface area contributed by atoms with Crippen LogP contribution in [0.5, 0.6) is 11.5 Å². The first-order valence-corrected chi connectivity index (χ1v) is 7.53. The molecule has 0 spiro atoms. The van der Waals surface area contributed by atoms with Crippen molar-refractivity contribution in [3.63, 3.8) is 0 Å². The van der Waals surface area contributed by atoms with E-state index in [1.165, 1.54) is 0 Å². The van der Waals surface area contributed by atoms with Gasteiger partial charge >= 0.3 is 0 Å². The second-order valence-electron chi connectivity index (χ2n) is 5.06. The lowest BCUT2D eigenvalue weighted by molar-refractivity contribution is -0.116. The fraction of sp³-hybridized carbons (Fsp3) is 0.235. The van der Waals surface area contributed by atoms with E-state index in [1.807, 2.05) is 36.4 Å². The molecule has 1 atom stereocenters. The molecule has 0 unspecified atom stereocenters. The predicted octanol–water partition coefficient (Wildman–Crippen LogP) is 3.90. The first-order valence-electron chi connectivity index (χ1n) is 7.15. The molecule has 5 heteroatoms. The van der Waals surface area contributed by atoms with E-state index in [9.17, 15) is 4.79 Å². The summed E-state index contributed by atoms with van der Waals surface area (Å²) < 4.78 is 11.5. The van der Waals surface area contributed by atoms with Gasteiger partial charge in [-0.3, -0.25) is 4.79 Å². The molecule has 0 aliphatic carbocycles. The smallest absolute Gasteiger partial charge is 0.224 e. The first kappa shape index (κ1) is 14.7. The second-order valence-corrected chi connectivity index (χ2v) is 5.47. The van der Waals surface area contributed by atoms with Gasteiger partial charge in [-0.2, -0.15) is 0 Å². The van der Waals surface area contributed by atoms with Gasteiger partial charge < -0.3 is 14.8 Å². The van der Waals surface area contributed by atoms with Crippen molar-refractivity contribution in [1.29, 1.82) is 0 Å². The Labute approximate surface area is 134 Å². The van der Waals surface area contributed by atoms with E-state index in [2.05, 4.69) is 5.32 Å². The highest BCUT2D eigenvalue weighted by Gasteiger charge is 2.21. The van der Waals surface area contributed by atoms with Crippen LogP contribution in [0.25, 0.3) is 0 Å². The van der Waals surface area contributed by atoms with Gasteiger partial charge in [0, 0.05) is 6.42 Å². The Balaban J connectivity index is 1.51. The third-order valence-corrected chi connectivity index (χ3v) is 3.74. The van der Waals surface area contributed by atoms with Crippen molar-refractivity contribution in [2.75, 3.05) is 11.9 Å². The number of hydrogen-bond donors (Lipinski definition) is 1.